The number of rotatable bonds is 5. The molecule has 1 aliphatic heterocycles. The van der Waals surface area contributed by atoms with E-state index in [0.29, 0.717) is 16.9 Å². The van der Waals surface area contributed by atoms with E-state index in [4.69, 9.17) is 4.74 Å². The van der Waals surface area contributed by atoms with Crippen molar-refractivity contribution in [2.24, 2.45) is 0 Å². The van der Waals surface area contributed by atoms with E-state index in [1.54, 1.807) is 60.9 Å². The molecule has 2 aromatic carbocycles. The van der Waals surface area contributed by atoms with Crippen LogP contribution in [0.25, 0.3) is 5.76 Å². The molecule has 3 aromatic rings. The molecule has 156 valence electrons. The predicted octanol–water partition coefficient (Wildman–Crippen LogP) is 3.42. The molecule has 7 heteroatoms. The zero-order valence-corrected chi connectivity index (χ0v) is 16.7. The normalized spacial score (nSPS) is 17.7. The number of aliphatic hydroxyl groups excluding tert-OH is 1. The molecule has 1 fully saturated rings. The lowest BCUT2D eigenvalue weighted by molar-refractivity contribution is -0.140. The van der Waals surface area contributed by atoms with Gasteiger partial charge in [0, 0.05) is 24.5 Å². The fraction of sp³-hybridized carbons (Fsp3) is 0.125. The van der Waals surface area contributed by atoms with Crippen LogP contribution in [0.4, 0.5) is 0 Å². The van der Waals surface area contributed by atoms with Gasteiger partial charge in [-0.3, -0.25) is 14.6 Å². The van der Waals surface area contributed by atoms with Crippen LogP contribution in [0.1, 0.15) is 22.7 Å². The van der Waals surface area contributed by atoms with Gasteiger partial charge in [0.05, 0.1) is 18.7 Å². The first-order valence-electron chi connectivity index (χ1n) is 9.60. The second kappa shape index (κ2) is 8.31. The number of ether oxygens (including phenoxy) is 1. The first-order valence-corrected chi connectivity index (χ1v) is 9.60. The first kappa shape index (κ1) is 20.2. The van der Waals surface area contributed by atoms with Crippen LogP contribution in [0.5, 0.6) is 11.5 Å². The molecule has 0 bridgehead atoms. The maximum absolute atomic E-state index is 13.0. The Morgan fingerprint density at radius 3 is 2.61 bits per heavy atom. The van der Waals surface area contributed by atoms with Gasteiger partial charge in [-0.05, 0) is 41.5 Å². The summed E-state index contributed by atoms with van der Waals surface area (Å²) in [4.78, 5) is 31.4. The number of ketones is 1. The zero-order valence-electron chi connectivity index (χ0n) is 16.7. The van der Waals surface area contributed by atoms with Crippen LogP contribution in [-0.4, -0.2) is 38.9 Å². The fourth-order valence-electron chi connectivity index (χ4n) is 3.70. The number of pyridine rings is 1. The van der Waals surface area contributed by atoms with E-state index in [1.807, 2.05) is 0 Å². The number of aromatic nitrogens is 1. The number of amides is 1. The van der Waals surface area contributed by atoms with Crippen molar-refractivity contribution in [3.63, 3.8) is 0 Å². The van der Waals surface area contributed by atoms with E-state index in [2.05, 4.69) is 4.98 Å². The lowest BCUT2D eigenvalue weighted by atomic mass is 9.95. The van der Waals surface area contributed by atoms with Crippen LogP contribution >= 0.6 is 0 Å². The van der Waals surface area contributed by atoms with Gasteiger partial charge in [-0.2, -0.15) is 0 Å². The number of benzene rings is 2. The van der Waals surface area contributed by atoms with Crippen molar-refractivity contribution in [2.45, 2.75) is 12.6 Å². The Hall–Kier alpha value is -4.13. The molecule has 1 unspecified atom stereocenters. The molecule has 7 nitrogen and oxygen atoms in total. The third kappa shape index (κ3) is 3.85. The van der Waals surface area contributed by atoms with Crippen LogP contribution in [0.3, 0.4) is 0 Å². The third-order valence-electron chi connectivity index (χ3n) is 5.14. The summed E-state index contributed by atoms with van der Waals surface area (Å²) < 4.78 is 5.21. The molecule has 0 saturated carbocycles. The Kier molecular flexibility index (Phi) is 5.41. The molecule has 1 amide bonds. The maximum atomic E-state index is 13.0. The van der Waals surface area contributed by atoms with Crippen molar-refractivity contribution in [1.29, 1.82) is 0 Å². The lowest BCUT2D eigenvalue weighted by Gasteiger charge is -2.25. The highest BCUT2D eigenvalue weighted by Crippen LogP contribution is 2.41. The summed E-state index contributed by atoms with van der Waals surface area (Å²) in [6.45, 7) is 0.119. The maximum Gasteiger partial charge on any atom is 0.295 e. The summed E-state index contributed by atoms with van der Waals surface area (Å²) in [6, 6.07) is 15.6. The molecule has 31 heavy (non-hydrogen) atoms. The van der Waals surface area contributed by atoms with Gasteiger partial charge in [0.2, 0.25) is 0 Å². The lowest BCUT2D eigenvalue weighted by Crippen LogP contribution is -2.29. The van der Waals surface area contributed by atoms with Gasteiger partial charge in [0.15, 0.2) is 0 Å². The highest BCUT2D eigenvalue weighted by molar-refractivity contribution is 6.46. The standard InChI is InChI=1S/C24H20N2O5/c1-31-19-9-3-7-17(12-19)22(28)20-21(16-6-2-8-18(27)11-16)26(24(30)23(20)29)14-15-5-4-10-25-13-15/h2-13,21,27-28H,14H2,1H3/b22-20+. The van der Waals surface area contributed by atoms with Gasteiger partial charge in [0.1, 0.15) is 17.3 Å². The van der Waals surface area contributed by atoms with Crippen molar-refractivity contribution >= 4 is 17.4 Å². The minimum absolute atomic E-state index is 0.00848. The molecule has 1 aromatic heterocycles. The monoisotopic (exact) mass is 416 g/mol. The highest BCUT2D eigenvalue weighted by atomic mass is 16.5. The highest BCUT2D eigenvalue weighted by Gasteiger charge is 2.46. The Bertz CT molecular complexity index is 1170. The molecule has 1 saturated heterocycles. The average Bonchev–Trinajstić information content (AvgIpc) is 3.04. The van der Waals surface area contributed by atoms with E-state index in [-0.39, 0.29) is 23.6 Å². The molecule has 0 radical (unpaired) electrons. The summed E-state index contributed by atoms with van der Waals surface area (Å²) in [7, 11) is 1.50. The molecule has 2 N–H and O–H groups in total. The second-order valence-corrected chi connectivity index (χ2v) is 7.12. The van der Waals surface area contributed by atoms with Crippen molar-refractivity contribution in [1.82, 2.24) is 9.88 Å². The van der Waals surface area contributed by atoms with Gasteiger partial charge in [0.25, 0.3) is 11.7 Å². The minimum atomic E-state index is -0.876. The van der Waals surface area contributed by atoms with Gasteiger partial charge in [-0.1, -0.05) is 30.3 Å². The largest absolute Gasteiger partial charge is 0.508 e. The average molecular weight is 416 g/mol. The Balaban J connectivity index is 1.87. The van der Waals surface area contributed by atoms with Crippen molar-refractivity contribution < 1.29 is 24.5 Å². The summed E-state index contributed by atoms with van der Waals surface area (Å²) in [5.74, 6) is -1.34. The number of hydrogen-bond donors (Lipinski definition) is 2. The molecule has 0 spiro atoms. The Labute approximate surface area is 178 Å². The molecule has 1 aliphatic rings. The third-order valence-corrected chi connectivity index (χ3v) is 5.14. The van der Waals surface area contributed by atoms with Crippen LogP contribution in [0.2, 0.25) is 0 Å². The number of carbonyl (C=O) groups is 2. The van der Waals surface area contributed by atoms with Crippen LogP contribution in [0.15, 0.2) is 78.6 Å². The fourth-order valence-corrected chi connectivity index (χ4v) is 3.70. The molecule has 0 aliphatic carbocycles. The Morgan fingerprint density at radius 1 is 1.10 bits per heavy atom. The summed E-state index contributed by atoms with van der Waals surface area (Å²) in [5.41, 5.74) is 1.54. The van der Waals surface area contributed by atoms with E-state index in [9.17, 15) is 19.8 Å². The molecule has 4 rings (SSSR count). The van der Waals surface area contributed by atoms with E-state index in [0.717, 1.165) is 5.56 Å². The predicted molar refractivity (Wildman–Crippen MR) is 113 cm³/mol. The zero-order chi connectivity index (χ0) is 22.0. The number of phenols is 1. The van der Waals surface area contributed by atoms with Crippen LogP contribution in [-0.2, 0) is 16.1 Å². The van der Waals surface area contributed by atoms with E-state index >= 15 is 0 Å². The van der Waals surface area contributed by atoms with Crippen molar-refractivity contribution in [3.05, 3.63) is 95.3 Å². The number of likely N-dealkylation sites (tertiary alicyclic amines) is 1. The smallest absolute Gasteiger partial charge is 0.295 e. The van der Waals surface area contributed by atoms with Gasteiger partial charge < -0.3 is 19.8 Å². The van der Waals surface area contributed by atoms with Crippen LogP contribution < -0.4 is 4.74 Å². The first-order chi connectivity index (χ1) is 15.0. The SMILES string of the molecule is COc1cccc(/C(O)=C2\C(=O)C(=O)N(Cc3cccnc3)C2c2cccc(O)c2)c1. The van der Waals surface area contributed by atoms with Gasteiger partial charge in [-0.15, -0.1) is 0 Å². The number of carbonyl (C=O) groups excluding carboxylic acids is 2. The number of hydrogen-bond acceptors (Lipinski definition) is 6. The van der Waals surface area contributed by atoms with Gasteiger partial charge in [-0.25, -0.2) is 0 Å². The Morgan fingerprint density at radius 2 is 1.90 bits per heavy atom. The topological polar surface area (TPSA) is 100.0 Å². The van der Waals surface area contributed by atoms with E-state index in [1.165, 1.54) is 24.1 Å². The van der Waals surface area contributed by atoms with Crippen LogP contribution in [0, 0.1) is 0 Å². The summed E-state index contributed by atoms with van der Waals surface area (Å²) in [5, 5.41) is 21.1. The minimum Gasteiger partial charge on any atom is -0.508 e. The molecule has 2 heterocycles. The van der Waals surface area contributed by atoms with Gasteiger partial charge >= 0.3 is 0 Å². The number of aromatic hydroxyl groups is 1. The summed E-state index contributed by atoms with van der Waals surface area (Å²) >= 11 is 0. The van der Waals surface area contributed by atoms with E-state index < -0.39 is 17.7 Å². The second-order valence-electron chi connectivity index (χ2n) is 7.12. The number of aliphatic hydroxyl groups is 1. The number of methoxy groups -OCH3 is 1. The summed E-state index contributed by atoms with van der Waals surface area (Å²) in [6.07, 6.45) is 3.23. The molecular weight excluding hydrogens is 396 g/mol. The number of phenolic OH excluding ortho intramolecular Hbond substituents is 1. The number of Topliss-reactive ketones (excluding diaryl/α,β-unsaturated/α-hetero) is 1. The number of nitrogens with zero attached hydrogens (tertiary/aromatic N) is 2. The molecule has 1 atom stereocenters. The van der Waals surface area contributed by atoms with Crippen molar-refractivity contribution in [2.75, 3.05) is 7.11 Å². The molecular formula is C24H20N2O5. The van der Waals surface area contributed by atoms with Crippen molar-refractivity contribution in [3.8, 4) is 11.5 Å². The quantitative estimate of drug-likeness (QED) is 0.376.